The highest BCUT2D eigenvalue weighted by Crippen LogP contribution is 2.30. The maximum absolute atomic E-state index is 12.5. The molecule has 1 amide bonds. The van der Waals surface area contributed by atoms with Crippen molar-refractivity contribution in [3.63, 3.8) is 0 Å². The van der Waals surface area contributed by atoms with Gasteiger partial charge in [-0.15, -0.1) is 22.7 Å². The number of para-hydroxylation sites is 1. The number of piperazine rings is 1. The molecule has 2 N–H and O–H groups in total. The van der Waals surface area contributed by atoms with Gasteiger partial charge in [0.05, 0.1) is 16.3 Å². The van der Waals surface area contributed by atoms with Crippen LogP contribution in [0.3, 0.4) is 0 Å². The normalized spacial score (nSPS) is 15.0. The summed E-state index contributed by atoms with van der Waals surface area (Å²) >= 11 is 3.10. The Kier molecular flexibility index (Phi) is 5.15. The topological polar surface area (TPSA) is 61.7 Å². The van der Waals surface area contributed by atoms with Crippen molar-refractivity contribution in [2.75, 3.05) is 31.5 Å². The van der Waals surface area contributed by atoms with E-state index in [9.17, 15) is 4.79 Å². The molecule has 0 aliphatic carbocycles. The molecule has 1 fully saturated rings. The molecule has 3 aromatic heterocycles. The minimum Gasteiger partial charge on any atom is -0.321 e. The number of hydrogen-bond acceptors (Lipinski definition) is 6. The summed E-state index contributed by atoms with van der Waals surface area (Å²) in [7, 11) is 0. The number of aromatic nitrogens is 2. The van der Waals surface area contributed by atoms with Gasteiger partial charge in [-0.05, 0) is 17.5 Å². The van der Waals surface area contributed by atoms with E-state index in [1.54, 1.807) is 11.3 Å². The number of fused-ring (bicyclic) bond motifs is 1. The number of nitrogens with one attached hydrogen (secondary N) is 2. The van der Waals surface area contributed by atoms with Crippen LogP contribution in [0.2, 0.25) is 0 Å². The minimum atomic E-state index is -0.0899. The van der Waals surface area contributed by atoms with Crippen LogP contribution in [0, 0.1) is 0 Å². The van der Waals surface area contributed by atoms with Gasteiger partial charge in [0.15, 0.2) is 4.96 Å². The standard InChI is InChI=1S/C21H21N5OS2/c27-20(19-6-3-11-28-19)23-17-5-2-1-4-16(17)18-13-26-15(14-29-21(26)24-18)12-25-9-7-22-8-10-25/h1-6,11,13-14,22H,7-10,12H2,(H,23,27). The zero-order chi connectivity index (χ0) is 19.6. The first-order valence-corrected chi connectivity index (χ1v) is 11.4. The van der Waals surface area contributed by atoms with Gasteiger partial charge in [-0.25, -0.2) is 4.98 Å². The summed E-state index contributed by atoms with van der Waals surface area (Å²) in [6.07, 6.45) is 2.08. The van der Waals surface area contributed by atoms with E-state index in [4.69, 9.17) is 4.98 Å². The fourth-order valence-electron chi connectivity index (χ4n) is 3.58. The third kappa shape index (κ3) is 3.84. The molecule has 1 aliphatic rings. The molecule has 0 spiro atoms. The zero-order valence-electron chi connectivity index (χ0n) is 15.8. The average Bonchev–Trinajstić information content (AvgIpc) is 3.48. The number of thiazole rings is 1. The Morgan fingerprint density at radius 1 is 1.14 bits per heavy atom. The third-order valence-electron chi connectivity index (χ3n) is 5.07. The fourth-order valence-corrected chi connectivity index (χ4v) is 5.06. The maximum atomic E-state index is 12.5. The van der Waals surface area contributed by atoms with Gasteiger partial charge in [-0.1, -0.05) is 24.3 Å². The number of carbonyl (C=O) groups is 1. The van der Waals surface area contributed by atoms with E-state index in [2.05, 4.69) is 31.5 Å². The van der Waals surface area contributed by atoms with Crippen LogP contribution in [0.4, 0.5) is 5.69 Å². The lowest BCUT2D eigenvalue weighted by Gasteiger charge is -2.26. The molecule has 29 heavy (non-hydrogen) atoms. The Bertz CT molecular complexity index is 1130. The fraction of sp³-hybridized carbons (Fsp3) is 0.238. The number of anilines is 1. The lowest BCUT2D eigenvalue weighted by atomic mass is 10.1. The van der Waals surface area contributed by atoms with E-state index >= 15 is 0 Å². The van der Waals surface area contributed by atoms with Gasteiger partial charge in [-0.3, -0.25) is 14.1 Å². The minimum absolute atomic E-state index is 0.0899. The smallest absolute Gasteiger partial charge is 0.265 e. The van der Waals surface area contributed by atoms with E-state index < -0.39 is 0 Å². The lowest BCUT2D eigenvalue weighted by Crippen LogP contribution is -2.43. The number of rotatable bonds is 5. The Hall–Kier alpha value is -2.52. The number of imidazole rings is 1. The van der Waals surface area contributed by atoms with Gasteiger partial charge in [0.2, 0.25) is 0 Å². The van der Waals surface area contributed by atoms with Crippen molar-refractivity contribution in [2.24, 2.45) is 0 Å². The van der Waals surface area contributed by atoms with E-state index in [1.807, 2.05) is 41.8 Å². The first kappa shape index (κ1) is 18.5. The number of hydrogen-bond donors (Lipinski definition) is 2. The first-order valence-electron chi connectivity index (χ1n) is 9.61. The van der Waals surface area contributed by atoms with Crippen molar-refractivity contribution in [2.45, 2.75) is 6.54 Å². The van der Waals surface area contributed by atoms with Crippen molar-refractivity contribution >= 4 is 39.2 Å². The molecule has 0 atom stereocenters. The monoisotopic (exact) mass is 423 g/mol. The predicted octanol–water partition coefficient (Wildman–Crippen LogP) is 3.78. The van der Waals surface area contributed by atoms with Crippen molar-refractivity contribution in [1.29, 1.82) is 0 Å². The van der Waals surface area contributed by atoms with Crippen molar-refractivity contribution in [3.05, 3.63) is 63.9 Å². The highest BCUT2D eigenvalue weighted by molar-refractivity contribution is 7.15. The van der Waals surface area contributed by atoms with Crippen molar-refractivity contribution < 1.29 is 4.79 Å². The Balaban J connectivity index is 1.43. The van der Waals surface area contributed by atoms with Gasteiger partial charge in [0.25, 0.3) is 5.91 Å². The maximum Gasteiger partial charge on any atom is 0.265 e. The van der Waals surface area contributed by atoms with E-state index in [0.717, 1.165) is 54.6 Å². The number of amides is 1. The van der Waals surface area contributed by atoms with Crippen molar-refractivity contribution in [3.8, 4) is 11.3 Å². The molecule has 0 radical (unpaired) electrons. The highest BCUT2D eigenvalue weighted by Gasteiger charge is 2.17. The lowest BCUT2D eigenvalue weighted by molar-refractivity contribution is 0.103. The molecule has 0 unspecified atom stereocenters. The zero-order valence-corrected chi connectivity index (χ0v) is 17.4. The molecule has 5 rings (SSSR count). The summed E-state index contributed by atoms with van der Waals surface area (Å²) < 4.78 is 2.18. The summed E-state index contributed by atoms with van der Waals surface area (Å²) in [6, 6.07) is 11.6. The van der Waals surface area contributed by atoms with Gasteiger partial charge >= 0.3 is 0 Å². The molecule has 0 bridgehead atoms. The second kappa shape index (κ2) is 8.08. The van der Waals surface area contributed by atoms with Crippen LogP contribution >= 0.6 is 22.7 Å². The quantitative estimate of drug-likeness (QED) is 0.513. The van der Waals surface area contributed by atoms with Gasteiger partial charge < -0.3 is 10.6 Å². The number of carbonyl (C=O) groups excluding carboxylic acids is 1. The van der Waals surface area contributed by atoms with Crippen LogP contribution < -0.4 is 10.6 Å². The van der Waals surface area contributed by atoms with E-state index in [1.165, 1.54) is 17.0 Å². The van der Waals surface area contributed by atoms with E-state index in [-0.39, 0.29) is 5.91 Å². The predicted molar refractivity (Wildman–Crippen MR) is 119 cm³/mol. The third-order valence-corrected chi connectivity index (χ3v) is 6.83. The molecule has 148 valence electrons. The summed E-state index contributed by atoms with van der Waals surface area (Å²) in [5.74, 6) is -0.0899. The Morgan fingerprint density at radius 3 is 2.83 bits per heavy atom. The second-order valence-corrected chi connectivity index (χ2v) is 8.79. The molecule has 6 nitrogen and oxygen atoms in total. The van der Waals surface area contributed by atoms with Gasteiger partial charge in [-0.2, -0.15) is 0 Å². The first-order chi connectivity index (χ1) is 14.3. The summed E-state index contributed by atoms with van der Waals surface area (Å²) in [5.41, 5.74) is 3.84. The van der Waals surface area contributed by atoms with Crippen LogP contribution in [0.1, 0.15) is 15.4 Å². The van der Waals surface area contributed by atoms with Crippen LogP contribution in [0.15, 0.2) is 53.4 Å². The number of thiophene rings is 1. The summed E-state index contributed by atoms with van der Waals surface area (Å²) in [6.45, 7) is 5.14. The Labute approximate surface area is 176 Å². The van der Waals surface area contributed by atoms with E-state index in [0.29, 0.717) is 4.88 Å². The molecule has 4 aromatic rings. The van der Waals surface area contributed by atoms with Gasteiger partial charge in [0.1, 0.15) is 0 Å². The largest absolute Gasteiger partial charge is 0.321 e. The van der Waals surface area contributed by atoms with Crippen LogP contribution in [-0.4, -0.2) is 46.4 Å². The van der Waals surface area contributed by atoms with Crippen LogP contribution in [-0.2, 0) is 6.54 Å². The van der Waals surface area contributed by atoms with Crippen LogP contribution in [0.5, 0.6) is 0 Å². The molecule has 1 aliphatic heterocycles. The SMILES string of the molecule is O=C(Nc1ccccc1-c1cn2c(CN3CCNCC3)csc2n1)c1cccs1. The molecule has 0 saturated carbocycles. The number of benzene rings is 1. The van der Waals surface area contributed by atoms with Gasteiger partial charge in [0, 0.05) is 55.6 Å². The molecular formula is C21H21N5OS2. The molecule has 8 heteroatoms. The molecule has 4 heterocycles. The molecular weight excluding hydrogens is 402 g/mol. The highest BCUT2D eigenvalue weighted by atomic mass is 32.1. The Morgan fingerprint density at radius 2 is 2.00 bits per heavy atom. The second-order valence-electron chi connectivity index (χ2n) is 7.01. The van der Waals surface area contributed by atoms with Crippen LogP contribution in [0.25, 0.3) is 16.2 Å². The number of nitrogens with zero attached hydrogens (tertiary/aromatic N) is 3. The summed E-state index contributed by atoms with van der Waals surface area (Å²) in [4.78, 5) is 21.5. The van der Waals surface area contributed by atoms with Crippen molar-refractivity contribution in [1.82, 2.24) is 19.6 Å². The molecule has 1 saturated heterocycles. The molecule has 1 aromatic carbocycles. The average molecular weight is 424 g/mol. The summed E-state index contributed by atoms with van der Waals surface area (Å²) in [5, 5.41) is 10.5.